The number of aromatic amines is 1. The minimum atomic E-state index is -3.99. The molecule has 0 saturated carbocycles. The third-order valence-corrected chi connectivity index (χ3v) is 7.69. The molecule has 1 aromatic heterocycles. The number of aromatic nitrogens is 1. The Morgan fingerprint density at radius 1 is 1.29 bits per heavy atom. The zero-order valence-electron chi connectivity index (χ0n) is 12.6. The van der Waals surface area contributed by atoms with Gasteiger partial charge in [0.2, 0.25) is 10.0 Å². The SMILES string of the molecule is CN(C1CCS(=O)(=O)C1)S(=O)(=O)c1ccc2[nH]c(=O)oc(=O)c2c1. The minimum Gasteiger partial charge on any atom is -0.372 e. The van der Waals surface area contributed by atoms with Gasteiger partial charge < -0.3 is 4.42 Å². The lowest BCUT2D eigenvalue weighted by molar-refractivity contribution is 0.394. The highest BCUT2D eigenvalue weighted by molar-refractivity contribution is 7.92. The summed E-state index contributed by atoms with van der Waals surface area (Å²) in [4.78, 5) is 25.0. The van der Waals surface area contributed by atoms with Crippen LogP contribution in [-0.4, -0.2) is 50.7 Å². The molecule has 0 spiro atoms. The van der Waals surface area contributed by atoms with E-state index in [2.05, 4.69) is 9.40 Å². The number of benzene rings is 1. The molecule has 11 heteroatoms. The third-order valence-electron chi connectivity index (χ3n) is 4.03. The second-order valence-electron chi connectivity index (χ2n) is 5.59. The number of nitrogens with one attached hydrogen (secondary N) is 1. The number of fused-ring (bicyclic) bond motifs is 1. The van der Waals surface area contributed by atoms with Crippen LogP contribution in [0, 0.1) is 0 Å². The van der Waals surface area contributed by atoms with Crippen molar-refractivity contribution >= 4 is 30.8 Å². The molecule has 130 valence electrons. The number of rotatable bonds is 3. The van der Waals surface area contributed by atoms with E-state index < -0.39 is 37.3 Å². The van der Waals surface area contributed by atoms with Crippen LogP contribution in [0.3, 0.4) is 0 Å². The van der Waals surface area contributed by atoms with Crippen LogP contribution in [0.4, 0.5) is 0 Å². The first-order valence-electron chi connectivity index (χ1n) is 6.96. The fourth-order valence-electron chi connectivity index (χ4n) is 2.66. The van der Waals surface area contributed by atoms with Crippen LogP contribution in [0.5, 0.6) is 0 Å². The summed E-state index contributed by atoms with van der Waals surface area (Å²) in [6.45, 7) is 0. The maximum absolute atomic E-state index is 12.7. The molecule has 2 heterocycles. The monoisotopic (exact) mass is 374 g/mol. The van der Waals surface area contributed by atoms with Gasteiger partial charge in [-0.15, -0.1) is 0 Å². The first-order valence-corrected chi connectivity index (χ1v) is 10.2. The Bertz CT molecular complexity index is 1130. The first-order chi connectivity index (χ1) is 11.1. The summed E-state index contributed by atoms with van der Waals surface area (Å²) in [5.41, 5.74) is -0.793. The van der Waals surface area contributed by atoms with E-state index >= 15 is 0 Å². The predicted molar refractivity (Wildman–Crippen MR) is 85.1 cm³/mol. The molecule has 1 atom stereocenters. The number of hydrogen-bond acceptors (Lipinski definition) is 7. The molecule has 9 nitrogen and oxygen atoms in total. The standard InChI is InChI=1S/C13H14N2O7S2/c1-15(8-4-5-23(18,19)7-8)24(20,21)9-2-3-11-10(6-9)12(16)22-13(17)14-11/h2-3,6,8H,4-5,7H2,1H3,(H,14,17). The van der Waals surface area contributed by atoms with E-state index in [0.717, 1.165) is 10.4 Å². The van der Waals surface area contributed by atoms with Gasteiger partial charge in [-0.2, -0.15) is 4.31 Å². The largest absolute Gasteiger partial charge is 0.419 e. The molecular formula is C13H14N2O7S2. The van der Waals surface area contributed by atoms with Crippen LogP contribution in [0.1, 0.15) is 6.42 Å². The predicted octanol–water partition coefficient (Wildman–Crippen LogP) is -0.711. The quantitative estimate of drug-likeness (QED) is 0.750. The van der Waals surface area contributed by atoms with E-state index in [-0.39, 0.29) is 33.7 Å². The van der Waals surface area contributed by atoms with Gasteiger partial charge in [-0.3, -0.25) is 4.98 Å². The summed E-state index contributed by atoms with van der Waals surface area (Å²) in [6.07, 6.45) is 0.223. The Morgan fingerprint density at radius 3 is 2.62 bits per heavy atom. The van der Waals surface area contributed by atoms with Crippen molar-refractivity contribution in [2.75, 3.05) is 18.6 Å². The van der Waals surface area contributed by atoms with Crippen LogP contribution in [0.2, 0.25) is 0 Å². The fraction of sp³-hybridized carbons (Fsp3) is 0.385. The molecule has 1 aliphatic heterocycles. The van der Waals surface area contributed by atoms with Gasteiger partial charge >= 0.3 is 11.4 Å². The highest BCUT2D eigenvalue weighted by Gasteiger charge is 2.36. The normalized spacial score (nSPS) is 20.7. The van der Waals surface area contributed by atoms with E-state index in [1.807, 2.05) is 0 Å². The zero-order chi connectivity index (χ0) is 17.7. The van der Waals surface area contributed by atoms with Gasteiger partial charge in [0.1, 0.15) is 0 Å². The van der Waals surface area contributed by atoms with Crippen molar-refractivity contribution in [3.05, 3.63) is 39.2 Å². The Kier molecular flexibility index (Phi) is 3.89. The van der Waals surface area contributed by atoms with Crippen LogP contribution in [0.25, 0.3) is 10.9 Å². The van der Waals surface area contributed by atoms with Crippen molar-refractivity contribution in [2.24, 2.45) is 0 Å². The lowest BCUT2D eigenvalue weighted by Crippen LogP contribution is -2.37. The van der Waals surface area contributed by atoms with Crippen molar-refractivity contribution in [3.8, 4) is 0 Å². The van der Waals surface area contributed by atoms with Crippen LogP contribution in [-0.2, 0) is 19.9 Å². The Morgan fingerprint density at radius 2 is 2.00 bits per heavy atom. The van der Waals surface area contributed by atoms with Gasteiger partial charge in [0.15, 0.2) is 9.84 Å². The summed E-state index contributed by atoms with van der Waals surface area (Å²) >= 11 is 0. The summed E-state index contributed by atoms with van der Waals surface area (Å²) in [5, 5.41) is -0.0804. The van der Waals surface area contributed by atoms with Crippen LogP contribution >= 0.6 is 0 Å². The molecule has 3 rings (SSSR count). The Labute approximate surface area is 136 Å². The number of sulfonamides is 1. The lowest BCUT2D eigenvalue weighted by atomic mass is 10.2. The van der Waals surface area contributed by atoms with Crippen molar-refractivity contribution < 1.29 is 21.3 Å². The minimum absolute atomic E-state index is 0.0555. The smallest absolute Gasteiger partial charge is 0.372 e. The highest BCUT2D eigenvalue weighted by atomic mass is 32.2. The van der Waals surface area contributed by atoms with Crippen LogP contribution < -0.4 is 11.4 Å². The molecule has 1 aliphatic rings. The van der Waals surface area contributed by atoms with E-state index in [4.69, 9.17) is 0 Å². The summed E-state index contributed by atoms with van der Waals surface area (Å²) in [6, 6.07) is 2.99. The first kappa shape index (κ1) is 16.9. The van der Waals surface area contributed by atoms with Gasteiger partial charge in [0.25, 0.3) is 0 Å². The molecular weight excluding hydrogens is 360 g/mol. The second kappa shape index (κ2) is 5.53. The van der Waals surface area contributed by atoms with E-state index in [9.17, 15) is 26.4 Å². The van der Waals surface area contributed by atoms with Crippen molar-refractivity contribution in [1.82, 2.24) is 9.29 Å². The maximum Gasteiger partial charge on any atom is 0.419 e. The van der Waals surface area contributed by atoms with E-state index in [1.54, 1.807) is 0 Å². The Balaban J connectivity index is 2.05. The summed E-state index contributed by atoms with van der Waals surface area (Å²) in [7, 11) is -5.93. The fourth-order valence-corrected chi connectivity index (χ4v) is 5.94. The Hall–Kier alpha value is -1.98. The van der Waals surface area contributed by atoms with Gasteiger partial charge in [-0.25, -0.2) is 26.4 Å². The van der Waals surface area contributed by atoms with E-state index in [0.29, 0.717) is 0 Å². The number of sulfone groups is 1. The molecule has 0 radical (unpaired) electrons. The number of nitrogens with zero attached hydrogens (tertiary/aromatic N) is 1. The van der Waals surface area contributed by atoms with Crippen molar-refractivity contribution in [1.29, 1.82) is 0 Å². The highest BCUT2D eigenvalue weighted by Crippen LogP contribution is 2.24. The third kappa shape index (κ3) is 2.89. The molecule has 1 N–H and O–H groups in total. The molecule has 0 aliphatic carbocycles. The molecule has 1 aromatic carbocycles. The number of H-pyrrole nitrogens is 1. The lowest BCUT2D eigenvalue weighted by Gasteiger charge is -2.22. The molecule has 0 amide bonds. The van der Waals surface area contributed by atoms with E-state index in [1.165, 1.54) is 19.2 Å². The summed E-state index contributed by atoms with van der Waals surface area (Å²) < 4.78 is 53.9. The average molecular weight is 374 g/mol. The van der Waals surface area contributed by atoms with Gasteiger partial charge in [0, 0.05) is 13.1 Å². The summed E-state index contributed by atoms with van der Waals surface area (Å²) in [5.74, 6) is -1.22. The molecule has 0 bridgehead atoms. The van der Waals surface area contributed by atoms with Crippen molar-refractivity contribution in [2.45, 2.75) is 17.4 Å². The van der Waals surface area contributed by atoms with Crippen LogP contribution in [0.15, 0.2) is 37.1 Å². The molecule has 24 heavy (non-hydrogen) atoms. The topological polar surface area (TPSA) is 135 Å². The van der Waals surface area contributed by atoms with Gasteiger partial charge in [-0.1, -0.05) is 0 Å². The average Bonchev–Trinajstić information content (AvgIpc) is 2.86. The van der Waals surface area contributed by atoms with Gasteiger partial charge in [-0.05, 0) is 24.6 Å². The van der Waals surface area contributed by atoms with Crippen molar-refractivity contribution in [3.63, 3.8) is 0 Å². The van der Waals surface area contributed by atoms with Gasteiger partial charge in [0.05, 0.1) is 27.3 Å². The molecule has 1 fully saturated rings. The maximum atomic E-state index is 12.7. The molecule has 1 saturated heterocycles. The molecule has 2 aromatic rings. The zero-order valence-corrected chi connectivity index (χ0v) is 14.2. The second-order valence-corrected chi connectivity index (χ2v) is 9.81. The molecule has 1 unspecified atom stereocenters. The number of hydrogen-bond donors (Lipinski definition) is 1.